The lowest BCUT2D eigenvalue weighted by molar-refractivity contribution is 0.517. The number of imidazole rings is 1. The van der Waals surface area contributed by atoms with Crippen molar-refractivity contribution >= 4 is 28.7 Å². The van der Waals surface area contributed by atoms with E-state index in [9.17, 15) is 0 Å². The van der Waals surface area contributed by atoms with E-state index < -0.39 is 0 Å². The molecule has 1 atom stereocenters. The van der Waals surface area contributed by atoms with Crippen molar-refractivity contribution in [3.63, 3.8) is 0 Å². The van der Waals surface area contributed by atoms with Crippen LogP contribution in [-0.2, 0) is 0 Å². The summed E-state index contributed by atoms with van der Waals surface area (Å²) in [6.45, 7) is 0. The summed E-state index contributed by atoms with van der Waals surface area (Å²) in [5.74, 6) is 2.87. The van der Waals surface area contributed by atoms with Gasteiger partial charge in [0.1, 0.15) is 0 Å². The van der Waals surface area contributed by atoms with Crippen LogP contribution in [0.15, 0.2) is 18.2 Å². The molecule has 0 spiro atoms. The fraction of sp³-hybridized carbons (Fsp3) is 0.385. The van der Waals surface area contributed by atoms with Crippen molar-refractivity contribution in [2.75, 3.05) is 17.2 Å². The van der Waals surface area contributed by atoms with Crippen LogP contribution in [0.5, 0.6) is 0 Å². The number of hydrogen-bond acceptors (Lipinski definition) is 4. The van der Waals surface area contributed by atoms with E-state index >= 15 is 0 Å². The predicted octanol–water partition coefficient (Wildman–Crippen LogP) is 2.56. The summed E-state index contributed by atoms with van der Waals surface area (Å²) in [7, 11) is 0. The Kier molecular flexibility index (Phi) is 2.88. The number of nitrogens with zero attached hydrogens (tertiary/aromatic N) is 3. The van der Waals surface area contributed by atoms with Gasteiger partial charge in [0.25, 0.3) is 0 Å². The fourth-order valence-electron chi connectivity index (χ4n) is 2.49. The lowest BCUT2D eigenvalue weighted by Crippen LogP contribution is -2.17. The summed E-state index contributed by atoms with van der Waals surface area (Å²) in [4.78, 5) is 4.39. The third-order valence-corrected chi connectivity index (χ3v) is 4.55. The highest BCUT2D eigenvalue weighted by atomic mass is 32.2. The van der Waals surface area contributed by atoms with E-state index in [0.29, 0.717) is 17.6 Å². The largest absolute Gasteiger partial charge is 0.369 e. The molecule has 92 valence electrons. The molecule has 1 aliphatic rings. The third-order valence-electron chi connectivity index (χ3n) is 3.35. The maximum atomic E-state index is 8.99. The van der Waals surface area contributed by atoms with Gasteiger partial charge in [-0.05, 0) is 36.8 Å². The van der Waals surface area contributed by atoms with E-state index in [1.807, 2.05) is 23.9 Å². The molecule has 0 saturated carbocycles. The molecule has 1 aliphatic heterocycles. The number of fused-ring (bicyclic) bond motifs is 1. The van der Waals surface area contributed by atoms with Crippen LogP contribution in [0, 0.1) is 11.3 Å². The van der Waals surface area contributed by atoms with E-state index in [2.05, 4.69) is 15.6 Å². The number of benzene rings is 1. The Labute approximate surface area is 110 Å². The monoisotopic (exact) mass is 258 g/mol. The molecule has 0 aliphatic carbocycles. The molecule has 0 bridgehead atoms. The van der Waals surface area contributed by atoms with Crippen LogP contribution in [0.2, 0.25) is 0 Å². The molecule has 0 amide bonds. The van der Waals surface area contributed by atoms with Crippen molar-refractivity contribution in [2.24, 2.45) is 0 Å². The maximum Gasteiger partial charge on any atom is 0.201 e. The molecule has 4 nitrogen and oxygen atoms in total. The Balaban J connectivity index is 2.14. The van der Waals surface area contributed by atoms with Crippen LogP contribution >= 0.6 is 11.8 Å². The zero-order valence-electron chi connectivity index (χ0n) is 9.97. The second kappa shape index (κ2) is 4.54. The van der Waals surface area contributed by atoms with E-state index in [1.165, 1.54) is 12.2 Å². The molecule has 1 saturated heterocycles. The van der Waals surface area contributed by atoms with Crippen molar-refractivity contribution in [3.8, 4) is 6.07 Å². The zero-order valence-corrected chi connectivity index (χ0v) is 10.8. The number of aromatic nitrogens is 2. The minimum atomic E-state index is 0.405. The highest BCUT2D eigenvalue weighted by Gasteiger charge is 2.20. The summed E-state index contributed by atoms with van der Waals surface area (Å²) in [5, 5.41) is 8.99. The first-order valence-electron chi connectivity index (χ1n) is 6.05. The summed E-state index contributed by atoms with van der Waals surface area (Å²) in [6, 6.07) is 8.12. The Hall–Kier alpha value is -1.67. The van der Waals surface area contributed by atoms with Gasteiger partial charge >= 0.3 is 0 Å². The van der Waals surface area contributed by atoms with E-state index in [-0.39, 0.29) is 0 Å². The molecule has 3 rings (SSSR count). The normalized spacial score (nSPS) is 19.8. The first-order valence-corrected chi connectivity index (χ1v) is 7.20. The lowest BCUT2D eigenvalue weighted by atomic mass is 10.1. The lowest BCUT2D eigenvalue weighted by Gasteiger charge is -2.24. The fourth-order valence-corrected chi connectivity index (χ4v) is 3.62. The number of hydrogen-bond donors (Lipinski definition) is 1. The van der Waals surface area contributed by atoms with Crippen LogP contribution in [-0.4, -0.2) is 21.1 Å². The van der Waals surface area contributed by atoms with Crippen molar-refractivity contribution in [3.05, 3.63) is 23.8 Å². The highest BCUT2D eigenvalue weighted by molar-refractivity contribution is 7.99. The number of rotatable bonds is 1. The van der Waals surface area contributed by atoms with Gasteiger partial charge in [0.15, 0.2) is 0 Å². The average molecular weight is 258 g/mol. The van der Waals surface area contributed by atoms with Crippen LogP contribution < -0.4 is 5.73 Å². The quantitative estimate of drug-likeness (QED) is 0.853. The Bertz CT molecular complexity index is 620. The summed E-state index contributed by atoms with van der Waals surface area (Å²) in [6.07, 6.45) is 2.35. The molecule has 18 heavy (non-hydrogen) atoms. The van der Waals surface area contributed by atoms with Crippen molar-refractivity contribution < 1.29 is 0 Å². The molecular weight excluding hydrogens is 244 g/mol. The van der Waals surface area contributed by atoms with Crippen LogP contribution in [0.3, 0.4) is 0 Å². The number of nitriles is 1. The number of thioether (sulfide) groups is 1. The van der Waals surface area contributed by atoms with Gasteiger partial charge in [-0.1, -0.05) is 0 Å². The molecule has 1 fully saturated rings. The molecule has 2 heterocycles. The minimum Gasteiger partial charge on any atom is -0.369 e. The summed E-state index contributed by atoms with van der Waals surface area (Å²) in [5.41, 5.74) is 8.56. The standard InChI is InChI=1S/C13H14N4S/c14-7-9-3-4-11-12(6-9)17(13(15)16-11)10-2-1-5-18-8-10/h3-4,6,10H,1-2,5,8H2,(H2,15,16). The topological polar surface area (TPSA) is 67.6 Å². The van der Waals surface area contributed by atoms with E-state index in [4.69, 9.17) is 11.0 Å². The minimum absolute atomic E-state index is 0.405. The summed E-state index contributed by atoms with van der Waals surface area (Å²) >= 11 is 1.96. The molecule has 1 aromatic heterocycles. The second-order valence-corrected chi connectivity index (χ2v) is 5.68. The Morgan fingerprint density at radius 1 is 1.50 bits per heavy atom. The summed E-state index contributed by atoms with van der Waals surface area (Å²) < 4.78 is 2.10. The molecule has 0 radical (unpaired) electrons. The average Bonchev–Trinajstić information content (AvgIpc) is 2.74. The first-order chi connectivity index (χ1) is 8.79. The van der Waals surface area contributed by atoms with Gasteiger partial charge in [-0.15, -0.1) is 0 Å². The Morgan fingerprint density at radius 3 is 3.11 bits per heavy atom. The number of nitrogens with two attached hydrogens (primary N) is 1. The number of anilines is 1. The van der Waals surface area contributed by atoms with Crippen molar-refractivity contribution in [1.29, 1.82) is 5.26 Å². The third kappa shape index (κ3) is 1.83. The predicted molar refractivity (Wildman–Crippen MR) is 74.5 cm³/mol. The maximum absolute atomic E-state index is 8.99. The zero-order chi connectivity index (χ0) is 12.5. The van der Waals surface area contributed by atoms with Crippen LogP contribution in [0.4, 0.5) is 5.95 Å². The van der Waals surface area contributed by atoms with Crippen molar-refractivity contribution in [1.82, 2.24) is 9.55 Å². The smallest absolute Gasteiger partial charge is 0.201 e. The molecule has 2 aromatic rings. The SMILES string of the molecule is N#Cc1ccc2nc(N)n(C3CCCSC3)c2c1. The second-order valence-electron chi connectivity index (χ2n) is 4.53. The van der Waals surface area contributed by atoms with Gasteiger partial charge < -0.3 is 10.3 Å². The Morgan fingerprint density at radius 2 is 2.39 bits per heavy atom. The van der Waals surface area contributed by atoms with Gasteiger partial charge in [0, 0.05) is 11.8 Å². The van der Waals surface area contributed by atoms with Gasteiger partial charge in [0.05, 0.1) is 22.7 Å². The van der Waals surface area contributed by atoms with Crippen molar-refractivity contribution in [2.45, 2.75) is 18.9 Å². The molecular formula is C13H14N4S. The molecule has 5 heteroatoms. The van der Waals surface area contributed by atoms with E-state index in [0.717, 1.165) is 23.2 Å². The van der Waals surface area contributed by atoms with Crippen LogP contribution in [0.1, 0.15) is 24.4 Å². The van der Waals surface area contributed by atoms with Gasteiger partial charge in [0.2, 0.25) is 5.95 Å². The van der Waals surface area contributed by atoms with Gasteiger partial charge in [-0.2, -0.15) is 17.0 Å². The van der Waals surface area contributed by atoms with Crippen LogP contribution in [0.25, 0.3) is 11.0 Å². The molecule has 1 aromatic carbocycles. The molecule has 1 unspecified atom stereocenters. The van der Waals surface area contributed by atoms with Gasteiger partial charge in [-0.25, -0.2) is 4.98 Å². The van der Waals surface area contributed by atoms with E-state index in [1.54, 1.807) is 6.07 Å². The first kappa shape index (κ1) is 11.4. The molecule has 2 N–H and O–H groups in total. The highest BCUT2D eigenvalue weighted by Crippen LogP contribution is 2.32. The van der Waals surface area contributed by atoms with Gasteiger partial charge in [-0.3, -0.25) is 0 Å². The number of nitrogen functional groups attached to an aromatic ring is 1.